The molecule has 0 spiro atoms. The van der Waals surface area contributed by atoms with Crippen LogP contribution in [0.25, 0.3) is 0 Å². The van der Waals surface area contributed by atoms with Gasteiger partial charge in [-0.05, 0) is 31.0 Å². The van der Waals surface area contributed by atoms with E-state index < -0.39 is 0 Å². The minimum Gasteiger partial charge on any atom is -0.439 e. The molecule has 4 heteroatoms. The first-order valence-corrected chi connectivity index (χ1v) is 6.04. The number of anilines is 1. The van der Waals surface area contributed by atoms with Crippen LogP contribution in [0.3, 0.4) is 0 Å². The van der Waals surface area contributed by atoms with Gasteiger partial charge in [-0.2, -0.15) is 0 Å². The van der Waals surface area contributed by atoms with Crippen molar-refractivity contribution in [2.45, 2.75) is 26.7 Å². The largest absolute Gasteiger partial charge is 0.439 e. The third-order valence-corrected chi connectivity index (χ3v) is 2.75. The first kappa shape index (κ1) is 12.4. The molecule has 0 saturated heterocycles. The van der Waals surface area contributed by atoms with Crippen molar-refractivity contribution < 1.29 is 4.74 Å². The number of hydrogen-bond donors (Lipinski definition) is 1. The van der Waals surface area contributed by atoms with Crippen LogP contribution in [0.15, 0.2) is 30.6 Å². The van der Waals surface area contributed by atoms with Gasteiger partial charge in [0, 0.05) is 0 Å². The zero-order valence-electron chi connectivity index (χ0n) is 10.7. The number of benzene rings is 1. The van der Waals surface area contributed by atoms with Gasteiger partial charge in [-0.3, -0.25) is 0 Å². The highest BCUT2D eigenvalue weighted by Gasteiger charge is 2.06. The molecule has 1 heterocycles. The highest BCUT2D eigenvalue weighted by Crippen LogP contribution is 2.24. The summed E-state index contributed by atoms with van der Waals surface area (Å²) < 4.78 is 5.69. The van der Waals surface area contributed by atoms with E-state index in [9.17, 15) is 0 Å². The standard InChI is InChI=1S/C14H17N3O/c1-3-4-11-5-7-12(8-6-11)18-14-10(2)13(15)16-9-17-14/h5-9H,3-4H2,1-2H3,(H2,15,16,17). The van der Waals surface area contributed by atoms with Crippen LogP contribution >= 0.6 is 0 Å². The summed E-state index contributed by atoms with van der Waals surface area (Å²) in [6, 6.07) is 8.03. The quantitative estimate of drug-likeness (QED) is 0.896. The van der Waals surface area contributed by atoms with Crippen molar-refractivity contribution in [2.75, 3.05) is 5.73 Å². The lowest BCUT2D eigenvalue weighted by atomic mass is 10.1. The van der Waals surface area contributed by atoms with Crippen LogP contribution in [-0.2, 0) is 6.42 Å². The fraction of sp³-hybridized carbons (Fsp3) is 0.286. The Balaban J connectivity index is 2.16. The van der Waals surface area contributed by atoms with Crippen LogP contribution in [0.1, 0.15) is 24.5 Å². The van der Waals surface area contributed by atoms with Crippen LogP contribution < -0.4 is 10.5 Å². The second-order valence-electron chi connectivity index (χ2n) is 4.19. The van der Waals surface area contributed by atoms with Crippen molar-refractivity contribution in [3.05, 3.63) is 41.7 Å². The second-order valence-corrected chi connectivity index (χ2v) is 4.19. The van der Waals surface area contributed by atoms with Crippen LogP contribution in [0.5, 0.6) is 11.6 Å². The molecule has 2 aromatic rings. The first-order chi connectivity index (χ1) is 8.70. The van der Waals surface area contributed by atoms with E-state index in [0.29, 0.717) is 11.7 Å². The van der Waals surface area contributed by atoms with Crippen molar-refractivity contribution in [3.63, 3.8) is 0 Å². The van der Waals surface area contributed by atoms with Crippen molar-refractivity contribution >= 4 is 5.82 Å². The number of rotatable bonds is 4. The van der Waals surface area contributed by atoms with Crippen LogP contribution in [0.2, 0.25) is 0 Å². The van der Waals surface area contributed by atoms with E-state index in [1.807, 2.05) is 19.1 Å². The van der Waals surface area contributed by atoms with E-state index in [0.717, 1.165) is 24.2 Å². The molecule has 18 heavy (non-hydrogen) atoms. The predicted octanol–water partition coefficient (Wildman–Crippen LogP) is 3.11. The molecular formula is C14H17N3O. The Morgan fingerprint density at radius 3 is 2.56 bits per heavy atom. The Morgan fingerprint density at radius 2 is 1.89 bits per heavy atom. The maximum absolute atomic E-state index is 5.71. The summed E-state index contributed by atoms with van der Waals surface area (Å²) in [5.41, 5.74) is 7.78. The number of hydrogen-bond acceptors (Lipinski definition) is 4. The molecule has 0 fully saturated rings. The monoisotopic (exact) mass is 243 g/mol. The summed E-state index contributed by atoms with van der Waals surface area (Å²) in [5, 5.41) is 0. The molecule has 1 aromatic carbocycles. The lowest BCUT2D eigenvalue weighted by Gasteiger charge is -2.08. The van der Waals surface area contributed by atoms with Crippen molar-refractivity contribution in [1.82, 2.24) is 9.97 Å². The highest BCUT2D eigenvalue weighted by molar-refractivity contribution is 5.44. The minimum absolute atomic E-state index is 0.447. The van der Waals surface area contributed by atoms with Gasteiger partial charge in [-0.25, -0.2) is 9.97 Å². The summed E-state index contributed by atoms with van der Waals surface area (Å²) >= 11 is 0. The van der Waals surface area contributed by atoms with Gasteiger partial charge in [0.1, 0.15) is 17.9 Å². The molecule has 1 aromatic heterocycles. The molecule has 0 radical (unpaired) electrons. The van der Waals surface area contributed by atoms with Gasteiger partial charge in [0.2, 0.25) is 5.88 Å². The molecule has 0 bridgehead atoms. The molecule has 2 rings (SSSR count). The van der Waals surface area contributed by atoms with E-state index in [-0.39, 0.29) is 0 Å². The second kappa shape index (κ2) is 5.49. The predicted molar refractivity (Wildman–Crippen MR) is 71.7 cm³/mol. The molecule has 0 saturated carbocycles. The third-order valence-electron chi connectivity index (χ3n) is 2.75. The van der Waals surface area contributed by atoms with Gasteiger partial charge in [-0.1, -0.05) is 25.5 Å². The van der Waals surface area contributed by atoms with Crippen LogP contribution in [-0.4, -0.2) is 9.97 Å². The highest BCUT2D eigenvalue weighted by atomic mass is 16.5. The molecule has 0 unspecified atom stereocenters. The van der Waals surface area contributed by atoms with Gasteiger partial charge in [0.25, 0.3) is 0 Å². The van der Waals surface area contributed by atoms with Gasteiger partial charge >= 0.3 is 0 Å². The van der Waals surface area contributed by atoms with Gasteiger partial charge in [-0.15, -0.1) is 0 Å². The molecule has 0 aliphatic heterocycles. The van der Waals surface area contributed by atoms with Crippen molar-refractivity contribution in [1.29, 1.82) is 0 Å². The number of aryl methyl sites for hydroxylation is 1. The van der Waals surface area contributed by atoms with Crippen molar-refractivity contribution in [3.8, 4) is 11.6 Å². The number of nitrogen functional groups attached to an aromatic ring is 1. The third kappa shape index (κ3) is 2.77. The minimum atomic E-state index is 0.447. The van der Waals surface area contributed by atoms with Crippen LogP contribution in [0, 0.1) is 6.92 Å². The number of aromatic nitrogens is 2. The Hall–Kier alpha value is -2.10. The lowest BCUT2D eigenvalue weighted by Crippen LogP contribution is -1.99. The zero-order chi connectivity index (χ0) is 13.0. The maximum Gasteiger partial charge on any atom is 0.227 e. The summed E-state index contributed by atoms with van der Waals surface area (Å²) in [5.74, 6) is 1.71. The lowest BCUT2D eigenvalue weighted by molar-refractivity contribution is 0.457. The number of nitrogens with zero attached hydrogens (tertiary/aromatic N) is 2. The molecule has 2 N–H and O–H groups in total. The summed E-state index contributed by atoms with van der Waals surface area (Å²) in [6.07, 6.45) is 3.63. The van der Waals surface area contributed by atoms with E-state index in [1.165, 1.54) is 11.9 Å². The normalized spacial score (nSPS) is 10.3. The Labute approximate surface area is 107 Å². The van der Waals surface area contributed by atoms with Gasteiger partial charge in [0.15, 0.2) is 0 Å². The Bertz CT molecular complexity index is 523. The van der Waals surface area contributed by atoms with Crippen molar-refractivity contribution in [2.24, 2.45) is 0 Å². The fourth-order valence-corrected chi connectivity index (χ4v) is 1.67. The number of ether oxygens (including phenoxy) is 1. The summed E-state index contributed by atoms with van der Waals surface area (Å²) in [7, 11) is 0. The molecule has 0 aliphatic carbocycles. The average molecular weight is 243 g/mol. The Morgan fingerprint density at radius 1 is 1.17 bits per heavy atom. The summed E-state index contributed by atoms with van der Waals surface area (Å²) in [6.45, 7) is 4.01. The average Bonchev–Trinajstić information content (AvgIpc) is 2.38. The van der Waals surface area contributed by atoms with E-state index >= 15 is 0 Å². The molecule has 0 amide bonds. The van der Waals surface area contributed by atoms with Gasteiger partial charge in [0.05, 0.1) is 5.56 Å². The Kier molecular flexibility index (Phi) is 3.77. The first-order valence-electron chi connectivity index (χ1n) is 6.04. The fourth-order valence-electron chi connectivity index (χ4n) is 1.67. The smallest absolute Gasteiger partial charge is 0.227 e. The molecule has 4 nitrogen and oxygen atoms in total. The van der Waals surface area contributed by atoms with Gasteiger partial charge < -0.3 is 10.5 Å². The van der Waals surface area contributed by atoms with E-state index in [4.69, 9.17) is 10.5 Å². The van der Waals surface area contributed by atoms with E-state index in [2.05, 4.69) is 29.0 Å². The molecule has 94 valence electrons. The molecule has 0 atom stereocenters. The summed E-state index contributed by atoms with van der Waals surface area (Å²) in [4.78, 5) is 7.99. The number of nitrogens with two attached hydrogens (primary N) is 1. The zero-order valence-corrected chi connectivity index (χ0v) is 10.7. The van der Waals surface area contributed by atoms with Crippen LogP contribution in [0.4, 0.5) is 5.82 Å². The maximum atomic E-state index is 5.71. The SMILES string of the molecule is CCCc1ccc(Oc2ncnc(N)c2C)cc1. The molecular weight excluding hydrogens is 226 g/mol. The topological polar surface area (TPSA) is 61.0 Å². The van der Waals surface area contributed by atoms with E-state index in [1.54, 1.807) is 0 Å². The molecule has 0 aliphatic rings.